The van der Waals surface area contributed by atoms with Crippen LogP contribution in [0.25, 0.3) is 0 Å². The first kappa shape index (κ1) is 19.4. The van der Waals surface area contributed by atoms with E-state index < -0.39 is 0 Å². The smallest absolute Gasteiger partial charge is 0.338 e. The SMILES string of the molecule is CC(C)COC(=O)c1ccc(C(=O)N(c2ccccc2)c2ccccc2)cc1. The fourth-order valence-electron chi connectivity index (χ4n) is 2.74. The summed E-state index contributed by atoms with van der Waals surface area (Å²) < 4.78 is 5.24. The first-order valence-corrected chi connectivity index (χ1v) is 9.28. The minimum absolute atomic E-state index is 0.167. The van der Waals surface area contributed by atoms with E-state index in [0.717, 1.165) is 11.4 Å². The van der Waals surface area contributed by atoms with Crippen molar-refractivity contribution in [2.24, 2.45) is 5.92 Å². The van der Waals surface area contributed by atoms with Crippen molar-refractivity contribution in [1.82, 2.24) is 0 Å². The summed E-state index contributed by atoms with van der Waals surface area (Å²) in [5.74, 6) is -0.273. The van der Waals surface area contributed by atoms with Gasteiger partial charge in [-0.1, -0.05) is 50.2 Å². The number of hydrogen-bond acceptors (Lipinski definition) is 3. The van der Waals surface area contributed by atoms with Gasteiger partial charge in [-0.25, -0.2) is 4.79 Å². The Labute approximate surface area is 165 Å². The van der Waals surface area contributed by atoms with Crippen molar-refractivity contribution < 1.29 is 14.3 Å². The van der Waals surface area contributed by atoms with E-state index in [4.69, 9.17) is 4.74 Å². The van der Waals surface area contributed by atoms with Crippen molar-refractivity contribution in [2.45, 2.75) is 13.8 Å². The van der Waals surface area contributed by atoms with Crippen LogP contribution in [0.3, 0.4) is 0 Å². The summed E-state index contributed by atoms with van der Waals surface area (Å²) in [5.41, 5.74) is 2.48. The van der Waals surface area contributed by atoms with E-state index in [1.807, 2.05) is 74.5 Å². The van der Waals surface area contributed by atoms with Gasteiger partial charge < -0.3 is 4.74 Å². The highest BCUT2D eigenvalue weighted by atomic mass is 16.5. The third-order valence-corrected chi connectivity index (χ3v) is 4.15. The van der Waals surface area contributed by atoms with Gasteiger partial charge in [-0.3, -0.25) is 9.69 Å². The van der Waals surface area contributed by atoms with Crippen LogP contribution in [0, 0.1) is 5.92 Å². The third kappa shape index (κ3) is 4.65. The number of nitrogens with zero attached hydrogens (tertiary/aromatic N) is 1. The Morgan fingerprint density at radius 2 is 1.21 bits per heavy atom. The maximum Gasteiger partial charge on any atom is 0.338 e. The van der Waals surface area contributed by atoms with Gasteiger partial charge in [0.25, 0.3) is 5.91 Å². The van der Waals surface area contributed by atoms with E-state index in [1.54, 1.807) is 29.2 Å². The van der Waals surface area contributed by atoms with Gasteiger partial charge in [0.05, 0.1) is 12.2 Å². The Hall–Kier alpha value is -3.40. The van der Waals surface area contributed by atoms with E-state index in [9.17, 15) is 9.59 Å². The minimum atomic E-state index is -0.379. The van der Waals surface area contributed by atoms with Gasteiger partial charge in [0, 0.05) is 16.9 Å². The summed E-state index contributed by atoms with van der Waals surface area (Å²) in [6.07, 6.45) is 0. The number of esters is 1. The number of para-hydroxylation sites is 2. The van der Waals surface area contributed by atoms with Crippen molar-refractivity contribution in [3.05, 3.63) is 96.1 Å². The average molecular weight is 373 g/mol. The first-order chi connectivity index (χ1) is 13.6. The molecule has 0 aliphatic rings. The predicted octanol–water partition coefficient (Wildman–Crippen LogP) is 5.48. The summed E-state index contributed by atoms with van der Waals surface area (Å²) >= 11 is 0. The quantitative estimate of drug-likeness (QED) is 0.538. The Kier molecular flexibility index (Phi) is 6.22. The van der Waals surface area contributed by atoms with Gasteiger partial charge in [-0.05, 0) is 54.4 Å². The molecule has 0 saturated carbocycles. The second kappa shape index (κ2) is 9.00. The van der Waals surface area contributed by atoms with Crippen LogP contribution in [0.5, 0.6) is 0 Å². The molecule has 3 aromatic carbocycles. The molecule has 0 N–H and O–H groups in total. The van der Waals surface area contributed by atoms with Crippen molar-refractivity contribution in [1.29, 1.82) is 0 Å². The molecule has 0 spiro atoms. The van der Waals surface area contributed by atoms with Crippen molar-refractivity contribution >= 4 is 23.3 Å². The van der Waals surface area contributed by atoms with Crippen LogP contribution in [0.2, 0.25) is 0 Å². The summed E-state index contributed by atoms with van der Waals surface area (Å²) in [6.45, 7) is 4.34. The fraction of sp³-hybridized carbons (Fsp3) is 0.167. The molecule has 0 aliphatic carbocycles. The number of rotatable bonds is 6. The lowest BCUT2D eigenvalue weighted by Crippen LogP contribution is -2.26. The zero-order chi connectivity index (χ0) is 19.9. The highest BCUT2D eigenvalue weighted by Crippen LogP contribution is 2.27. The van der Waals surface area contributed by atoms with E-state index in [1.165, 1.54) is 0 Å². The van der Waals surface area contributed by atoms with Crippen LogP contribution < -0.4 is 4.90 Å². The van der Waals surface area contributed by atoms with Crippen LogP contribution in [0.4, 0.5) is 11.4 Å². The van der Waals surface area contributed by atoms with Crippen molar-refractivity contribution in [2.75, 3.05) is 11.5 Å². The molecule has 0 fully saturated rings. The van der Waals surface area contributed by atoms with E-state index in [0.29, 0.717) is 17.7 Å². The van der Waals surface area contributed by atoms with Crippen LogP contribution >= 0.6 is 0 Å². The summed E-state index contributed by atoms with van der Waals surface area (Å²) in [6, 6.07) is 25.5. The van der Waals surface area contributed by atoms with Gasteiger partial charge in [-0.15, -0.1) is 0 Å². The second-order valence-corrected chi connectivity index (χ2v) is 6.88. The molecule has 1 amide bonds. The Morgan fingerprint density at radius 1 is 0.750 bits per heavy atom. The van der Waals surface area contributed by atoms with Crippen LogP contribution in [-0.2, 0) is 4.74 Å². The van der Waals surface area contributed by atoms with Crippen LogP contribution in [0.1, 0.15) is 34.6 Å². The predicted molar refractivity (Wildman–Crippen MR) is 111 cm³/mol. The Morgan fingerprint density at radius 3 is 1.68 bits per heavy atom. The number of carbonyl (C=O) groups is 2. The van der Waals surface area contributed by atoms with Gasteiger partial charge in [0.2, 0.25) is 0 Å². The molecule has 142 valence electrons. The summed E-state index contributed by atoms with van der Waals surface area (Å²) in [5, 5.41) is 0. The lowest BCUT2D eigenvalue weighted by molar-refractivity contribution is 0.0458. The molecule has 0 aliphatic heterocycles. The zero-order valence-corrected chi connectivity index (χ0v) is 16.0. The van der Waals surface area contributed by atoms with Crippen molar-refractivity contribution in [3.8, 4) is 0 Å². The maximum atomic E-state index is 13.3. The second-order valence-electron chi connectivity index (χ2n) is 6.88. The Balaban J connectivity index is 1.86. The molecule has 0 bridgehead atoms. The third-order valence-electron chi connectivity index (χ3n) is 4.15. The average Bonchev–Trinajstić information content (AvgIpc) is 2.74. The molecular formula is C24H23NO3. The molecule has 0 saturated heterocycles. The number of anilines is 2. The highest BCUT2D eigenvalue weighted by molar-refractivity contribution is 6.11. The lowest BCUT2D eigenvalue weighted by atomic mass is 10.1. The van der Waals surface area contributed by atoms with Gasteiger partial charge in [-0.2, -0.15) is 0 Å². The summed E-state index contributed by atoms with van der Waals surface area (Å²) in [7, 11) is 0. The molecular weight excluding hydrogens is 350 g/mol. The molecule has 0 atom stereocenters. The van der Waals surface area contributed by atoms with Crippen LogP contribution in [0.15, 0.2) is 84.9 Å². The van der Waals surface area contributed by atoms with E-state index in [2.05, 4.69) is 0 Å². The number of carbonyl (C=O) groups excluding carboxylic acids is 2. The Bertz CT molecular complexity index is 880. The largest absolute Gasteiger partial charge is 0.462 e. The van der Waals surface area contributed by atoms with Gasteiger partial charge in [0.15, 0.2) is 0 Å². The molecule has 3 aromatic rings. The van der Waals surface area contributed by atoms with Crippen LogP contribution in [-0.4, -0.2) is 18.5 Å². The molecule has 3 rings (SSSR count). The standard InChI is InChI=1S/C24H23NO3/c1-18(2)17-28-24(27)20-15-13-19(14-16-20)23(26)25(21-9-5-3-6-10-21)22-11-7-4-8-12-22/h3-16,18H,17H2,1-2H3. The normalized spacial score (nSPS) is 10.5. The molecule has 4 heteroatoms. The molecule has 0 aromatic heterocycles. The molecule has 0 heterocycles. The highest BCUT2D eigenvalue weighted by Gasteiger charge is 2.20. The monoisotopic (exact) mass is 373 g/mol. The molecule has 0 unspecified atom stereocenters. The fourth-order valence-corrected chi connectivity index (χ4v) is 2.74. The number of hydrogen-bond donors (Lipinski definition) is 0. The zero-order valence-electron chi connectivity index (χ0n) is 16.0. The van der Waals surface area contributed by atoms with Gasteiger partial charge in [0.1, 0.15) is 0 Å². The van der Waals surface area contributed by atoms with Crippen molar-refractivity contribution in [3.63, 3.8) is 0 Å². The number of amides is 1. The number of benzene rings is 3. The number of ether oxygens (including phenoxy) is 1. The molecule has 28 heavy (non-hydrogen) atoms. The minimum Gasteiger partial charge on any atom is -0.462 e. The van der Waals surface area contributed by atoms with E-state index >= 15 is 0 Å². The first-order valence-electron chi connectivity index (χ1n) is 9.28. The molecule has 0 radical (unpaired) electrons. The topological polar surface area (TPSA) is 46.6 Å². The maximum absolute atomic E-state index is 13.3. The lowest BCUT2D eigenvalue weighted by Gasteiger charge is -2.23. The van der Waals surface area contributed by atoms with Gasteiger partial charge >= 0.3 is 5.97 Å². The summed E-state index contributed by atoms with van der Waals surface area (Å²) in [4.78, 5) is 27.0. The van der Waals surface area contributed by atoms with E-state index in [-0.39, 0.29) is 17.8 Å². The molecule has 4 nitrogen and oxygen atoms in total.